The summed E-state index contributed by atoms with van der Waals surface area (Å²) in [7, 11) is 0. The molecule has 1 N–H and O–H groups in total. The molecule has 172 valence electrons. The summed E-state index contributed by atoms with van der Waals surface area (Å²) >= 11 is 0. The van der Waals surface area contributed by atoms with Crippen LogP contribution in [0, 0.1) is 0 Å². The van der Waals surface area contributed by atoms with E-state index in [4.69, 9.17) is 9.47 Å². The second kappa shape index (κ2) is 12.3. The van der Waals surface area contributed by atoms with Gasteiger partial charge < -0.3 is 19.7 Å². The van der Waals surface area contributed by atoms with E-state index in [-0.39, 0.29) is 18.2 Å². The third-order valence-electron chi connectivity index (χ3n) is 5.71. The number of amides is 2. The topological polar surface area (TPSA) is 84.9 Å². The fourth-order valence-corrected chi connectivity index (χ4v) is 3.59. The molecule has 3 unspecified atom stereocenters. The van der Waals surface area contributed by atoms with Crippen LogP contribution in [-0.4, -0.2) is 54.5 Å². The van der Waals surface area contributed by atoms with Crippen molar-refractivity contribution in [3.05, 3.63) is 29.8 Å². The summed E-state index contributed by atoms with van der Waals surface area (Å²) in [5.74, 6) is -0.0850. The normalized spacial score (nSPS) is 18.1. The lowest BCUT2D eigenvalue weighted by Gasteiger charge is -2.36. The molecule has 1 heterocycles. The van der Waals surface area contributed by atoms with Crippen LogP contribution in [0.3, 0.4) is 0 Å². The molecule has 0 aliphatic carbocycles. The molecule has 0 saturated carbocycles. The molecule has 0 bridgehead atoms. The van der Waals surface area contributed by atoms with Gasteiger partial charge in [0.2, 0.25) is 5.91 Å². The molecule has 1 aromatic carbocycles. The van der Waals surface area contributed by atoms with Gasteiger partial charge in [0.1, 0.15) is 11.8 Å². The van der Waals surface area contributed by atoms with Crippen molar-refractivity contribution < 1.29 is 23.9 Å². The average molecular weight is 433 g/mol. The van der Waals surface area contributed by atoms with E-state index < -0.39 is 18.1 Å². The molecule has 1 aromatic rings. The van der Waals surface area contributed by atoms with E-state index in [0.29, 0.717) is 37.8 Å². The Morgan fingerprint density at radius 3 is 2.61 bits per heavy atom. The average Bonchev–Trinajstić information content (AvgIpc) is 2.78. The number of piperazine rings is 1. The molecular weight excluding hydrogens is 396 g/mol. The Morgan fingerprint density at radius 1 is 1.19 bits per heavy atom. The van der Waals surface area contributed by atoms with Crippen LogP contribution in [0.2, 0.25) is 0 Å². The zero-order valence-electron chi connectivity index (χ0n) is 19.2. The molecule has 0 aromatic heterocycles. The van der Waals surface area contributed by atoms with Crippen LogP contribution in [0.25, 0.3) is 0 Å². The van der Waals surface area contributed by atoms with Gasteiger partial charge >= 0.3 is 5.97 Å². The zero-order chi connectivity index (χ0) is 22.8. The second-order valence-corrected chi connectivity index (χ2v) is 7.98. The number of rotatable bonds is 11. The Kier molecular flexibility index (Phi) is 9.82. The third-order valence-corrected chi connectivity index (χ3v) is 5.71. The number of ether oxygens (including phenoxy) is 2. The van der Waals surface area contributed by atoms with Crippen LogP contribution in [0.5, 0.6) is 5.75 Å². The number of carbonyl (C=O) groups excluding carboxylic acids is 3. The predicted molar refractivity (Wildman–Crippen MR) is 119 cm³/mol. The lowest BCUT2D eigenvalue weighted by molar-refractivity contribution is -0.154. The van der Waals surface area contributed by atoms with E-state index in [2.05, 4.69) is 19.2 Å². The minimum absolute atomic E-state index is 0.152. The summed E-state index contributed by atoms with van der Waals surface area (Å²) in [5.41, 5.74) is 1.06. The highest BCUT2D eigenvalue weighted by atomic mass is 16.5. The van der Waals surface area contributed by atoms with E-state index in [9.17, 15) is 14.4 Å². The number of unbranched alkanes of at least 4 members (excludes halogenated alkanes) is 1. The van der Waals surface area contributed by atoms with Crippen molar-refractivity contribution in [2.24, 2.45) is 0 Å². The number of nitrogens with zero attached hydrogens (tertiary/aromatic N) is 1. The zero-order valence-corrected chi connectivity index (χ0v) is 19.2. The lowest BCUT2D eigenvalue weighted by atomic mass is 9.97. The monoisotopic (exact) mass is 432 g/mol. The minimum Gasteiger partial charge on any atom is -0.480 e. The van der Waals surface area contributed by atoms with Gasteiger partial charge in [0.05, 0.1) is 13.0 Å². The summed E-state index contributed by atoms with van der Waals surface area (Å²) in [6.45, 7) is 9.14. The van der Waals surface area contributed by atoms with E-state index in [0.717, 1.165) is 24.8 Å². The fourth-order valence-electron chi connectivity index (χ4n) is 3.59. The summed E-state index contributed by atoms with van der Waals surface area (Å²) in [5, 5.41) is 2.75. The first-order valence-electron chi connectivity index (χ1n) is 11.4. The molecule has 3 atom stereocenters. The fraction of sp³-hybridized carbons (Fsp3) is 0.625. The molecule has 1 fully saturated rings. The Bertz CT molecular complexity index is 751. The van der Waals surface area contributed by atoms with Crippen LogP contribution in [0.1, 0.15) is 71.3 Å². The molecular formula is C24H36N2O5. The number of benzene rings is 1. The number of hydrogen-bond donors (Lipinski definition) is 1. The quantitative estimate of drug-likeness (QED) is 0.428. The molecule has 1 aliphatic heterocycles. The van der Waals surface area contributed by atoms with E-state index in [1.165, 1.54) is 4.90 Å². The third kappa shape index (κ3) is 6.71. The maximum absolute atomic E-state index is 13.4. The number of para-hydroxylation sites is 1. The van der Waals surface area contributed by atoms with Gasteiger partial charge in [0.25, 0.3) is 5.91 Å². The van der Waals surface area contributed by atoms with Gasteiger partial charge in [-0.15, -0.1) is 0 Å². The van der Waals surface area contributed by atoms with Gasteiger partial charge in [-0.05, 0) is 36.8 Å². The van der Waals surface area contributed by atoms with Gasteiger partial charge in [-0.1, -0.05) is 52.3 Å². The molecule has 7 heteroatoms. The Hall–Kier alpha value is -2.57. The van der Waals surface area contributed by atoms with Crippen LogP contribution >= 0.6 is 0 Å². The second-order valence-electron chi connectivity index (χ2n) is 7.98. The highest BCUT2D eigenvalue weighted by Gasteiger charge is 2.38. The van der Waals surface area contributed by atoms with E-state index in [1.807, 2.05) is 38.1 Å². The van der Waals surface area contributed by atoms with Crippen molar-refractivity contribution in [3.8, 4) is 5.75 Å². The van der Waals surface area contributed by atoms with Crippen molar-refractivity contribution in [1.29, 1.82) is 0 Å². The summed E-state index contributed by atoms with van der Waals surface area (Å²) < 4.78 is 11.4. The summed E-state index contributed by atoms with van der Waals surface area (Å²) in [6.07, 6.45) is 2.22. The molecule has 2 rings (SSSR count). The molecule has 31 heavy (non-hydrogen) atoms. The Balaban J connectivity index is 2.15. The highest BCUT2D eigenvalue weighted by molar-refractivity contribution is 5.93. The van der Waals surface area contributed by atoms with Gasteiger partial charge in [-0.2, -0.15) is 0 Å². The predicted octanol–water partition coefficient (Wildman–Crippen LogP) is 3.42. The molecule has 0 radical (unpaired) electrons. The standard InChI is InChI=1S/C24H36N2O5/c1-5-8-15-30-22(27)16-19-23(28)25-13-14-26(19)24(29)20(7-3)31-21-12-10-9-11-18(21)17(4)6-2/h9-12,17,19-20H,5-8,13-16H2,1-4H3,(H,25,28). The largest absolute Gasteiger partial charge is 0.480 e. The maximum Gasteiger partial charge on any atom is 0.308 e. The molecule has 1 aliphatic rings. The van der Waals surface area contributed by atoms with Crippen LogP contribution < -0.4 is 10.1 Å². The van der Waals surface area contributed by atoms with Crippen LogP contribution in [0.4, 0.5) is 0 Å². The Labute approximate surface area is 185 Å². The minimum atomic E-state index is -0.877. The van der Waals surface area contributed by atoms with Crippen molar-refractivity contribution in [3.63, 3.8) is 0 Å². The first kappa shape index (κ1) is 24.7. The molecule has 1 saturated heterocycles. The van der Waals surface area contributed by atoms with E-state index in [1.54, 1.807) is 0 Å². The van der Waals surface area contributed by atoms with Crippen molar-refractivity contribution in [2.75, 3.05) is 19.7 Å². The molecule has 2 amide bonds. The SMILES string of the molecule is CCCCOC(=O)CC1C(=O)NCCN1C(=O)C(CC)Oc1ccccc1C(C)CC. The first-order chi connectivity index (χ1) is 14.9. The van der Waals surface area contributed by atoms with Crippen LogP contribution in [-0.2, 0) is 19.1 Å². The van der Waals surface area contributed by atoms with Crippen molar-refractivity contribution in [1.82, 2.24) is 10.2 Å². The summed E-state index contributed by atoms with van der Waals surface area (Å²) in [4.78, 5) is 39.5. The summed E-state index contributed by atoms with van der Waals surface area (Å²) in [6, 6.07) is 6.87. The molecule has 7 nitrogen and oxygen atoms in total. The number of carbonyl (C=O) groups is 3. The van der Waals surface area contributed by atoms with Gasteiger partial charge in [-0.25, -0.2) is 0 Å². The van der Waals surface area contributed by atoms with Crippen LogP contribution in [0.15, 0.2) is 24.3 Å². The smallest absolute Gasteiger partial charge is 0.308 e. The lowest BCUT2D eigenvalue weighted by Crippen LogP contribution is -2.60. The van der Waals surface area contributed by atoms with E-state index >= 15 is 0 Å². The van der Waals surface area contributed by atoms with Crippen molar-refractivity contribution in [2.45, 2.75) is 77.9 Å². The number of esters is 1. The highest BCUT2D eigenvalue weighted by Crippen LogP contribution is 2.30. The van der Waals surface area contributed by atoms with Crippen molar-refractivity contribution >= 4 is 17.8 Å². The van der Waals surface area contributed by atoms with Gasteiger partial charge in [-0.3, -0.25) is 14.4 Å². The Morgan fingerprint density at radius 2 is 1.94 bits per heavy atom. The first-order valence-corrected chi connectivity index (χ1v) is 11.4. The maximum atomic E-state index is 13.4. The number of nitrogens with one attached hydrogen (secondary N) is 1. The van der Waals surface area contributed by atoms with Gasteiger partial charge in [0, 0.05) is 13.1 Å². The number of hydrogen-bond acceptors (Lipinski definition) is 5. The molecule has 0 spiro atoms. The van der Waals surface area contributed by atoms with Gasteiger partial charge in [0.15, 0.2) is 6.10 Å².